The summed E-state index contributed by atoms with van der Waals surface area (Å²) in [4.78, 5) is 4.21. The van der Waals surface area contributed by atoms with E-state index in [1.165, 1.54) is 82.8 Å². The third-order valence-corrected chi connectivity index (χ3v) is 9.19. The van der Waals surface area contributed by atoms with Crippen molar-refractivity contribution in [3.8, 4) is 0 Å². The van der Waals surface area contributed by atoms with E-state index in [2.05, 4.69) is 53.1 Å². The molecule has 144 valence electrons. The van der Waals surface area contributed by atoms with E-state index in [0.29, 0.717) is 4.08 Å². The van der Waals surface area contributed by atoms with Gasteiger partial charge in [0, 0.05) is 29.9 Å². The minimum absolute atomic E-state index is 0.464. The molecule has 1 aromatic rings. The zero-order valence-corrected chi connectivity index (χ0v) is 18.1. The third kappa shape index (κ3) is 7.99. The molecule has 2 unspecified atom stereocenters. The average Bonchev–Trinajstić information content (AvgIpc) is 3.28. The first-order valence-electron chi connectivity index (χ1n) is 10.6. The Balaban J connectivity index is 1.76. The normalized spacial score (nSPS) is 23.4. The lowest BCUT2D eigenvalue weighted by molar-refractivity contribution is 0.526. The highest BCUT2D eigenvalue weighted by atomic mass is 32.2. The highest BCUT2D eigenvalue weighted by Crippen LogP contribution is 2.54. The summed E-state index contributed by atoms with van der Waals surface area (Å²) in [6, 6.07) is 0. The summed E-state index contributed by atoms with van der Waals surface area (Å²) in [5.74, 6) is 1.37. The van der Waals surface area contributed by atoms with Gasteiger partial charge in [0.2, 0.25) is 0 Å². The first kappa shape index (κ1) is 21.2. The molecular weight excluding hydrogens is 344 g/mol. The van der Waals surface area contributed by atoms with E-state index in [1.807, 2.05) is 12.5 Å². The van der Waals surface area contributed by atoms with Gasteiger partial charge in [-0.15, -0.1) is 23.5 Å². The Morgan fingerprint density at radius 2 is 1.76 bits per heavy atom. The van der Waals surface area contributed by atoms with E-state index < -0.39 is 0 Å². The second-order valence-electron chi connectivity index (χ2n) is 7.53. The number of hydrogen-bond acceptors (Lipinski definition) is 3. The molecule has 1 aliphatic heterocycles. The number of unbranched alkanes of at least 4 members (excludes halogenated alkanes) is 7. The predicted molar refractivity (Wildman–Crippen MR) is 116 cm³/mol. The zero-order valence-electron chi connectivity index (χ0n) is 16.4. The van der Waals surface area contributed by atoms with Gasteiger partial charge in [-0.05, 0) is 19.3 Å². The van der Waals surface area contributed by atoms with Crippen molar-refractivity contribution < 1.29 is 0 Å². The lowest BCUT2D eigenvalue weighted by Crippen LogP contribution is -2.20. The molecule has 0 spiro atoms. The van der Waals surface area contributed by atoms with E-state index in [-0.39, 0.29) is 0 Å². The van der Waals surface area contributed by atoms with Crippen molar-refractivity contribution in [3.05, 3.63) is 18.7 Å². The summed E-state index contributed by atoms with van der Waals surface area (Å²) in [6.07, 6.45) is 22.7. The van der Waals surface area contributed by atoms with E-state index in [9.17, 15) is 0 Å². The van der Waals surface area contributed by atoms with Crippen LogP contribution in [0.2, 0.25) is 0 Å². The SMILES string of the molecule is CCCCCCCCCC1(CCn2ccnc2)SCC(CCCC)S1. The van der Waals surface area contributed by atoms with E-state index in [1.54, 1.807) is 0 Å². The van der Waals surface area contributed by atoms with Crippen LogP contribution in [0.15, 0.2) is 18.7 Å². The molecule has 2 nitrogen and oxygen atoms in total. The zero-order chi connectivity index (χ0) is 17.8. The molecule has 0 radical (unpaired) electrons. The molecular formula is C21H38N2S2. The van der Waals surface area contributed by atoms with Gasteiger partial charge in [0.05, 0.1) is 10.4 Å². The van der Waals surface area contributed by atoms with Gasteiger partial charge in [0.1, 0.15) is 0 Å². The second-order valence-corrected chi connectivity index (χ2v) is 10.9. The van der Waals surface area contributed by atoms with Gasteiger partial charge in [-0.2, -0.15) is 0 Å². The molecule has 4 heteroatoms. The molecule has 1 aliphatic rings. The molecule has 0 aliphatic carbocycles. The van der Waals surface area contributed by atoms with Crippen molar-refractivity contribution in [3.63, 3.8) is 0 Å². The van der Waals surface area contributed by atoms with Crippen LogP contribution in [0.25, 0.3) is 0 Å². The Morgan fingerprint density at radius 3 is 2.48 bits per heavy atom. The quantitative estimate of drug-likeness (QED) is 0.318. The van der Waals surface area contributed by atoms with Gasteiger partial charge >= 0.3 is 0 Å². The summed E-state index contributed by atoms with van der Waals surface area (Å²) in [5.41, 5.74) is 0. The van der Waals surface area contributed by atoms with Crippen molar-refractivity contribution in [1.82, 2.24) is 9.55 Å². The molecule has 1 saturated heterocycles. The Bertz CT molecular complexity index is 435. The van der Waals surface area contributed by atoms with Crippen LogP contribution in [0, 0.1) is 0 Å². The Labute approximate surface area is 164 Å². The molecule has 0 aromatic carbocycles. The molecule has 2 heterocycles. The second kappa shape index (κ2) is 12.3. The minimum atomic E-state index is 0.464. The van der Waals surface area contributed by atoms with E-state index >= 15 is 0 Å². The number of nitrogens with zero attached hydrogens (tertiary/aromatic N) is 2. The van der Waals surface area contributed by atoms with Crippen LogP contribution in [0.4, 0.5) is 0 Å². The first-order chi connectivity index (χ1) is 12.3. The maximum absolute atomic E-state index is 4.21. The summed E-state index contributed by atoms with van der Waals surface area (Å²) in [6.45, 7) is 5.74. The number of imidazole rings is 1. The third-order valence-electron chi connectivity index (χ3n) is 5.26. The van der Waals surface area contributed by atoms with Crippen LogP contribution in [0.3, 0.4) is 0 Å². The number of aryl methyl sites for hydroxylation is 1. The summed E-state index contributed by atoms with van der Waals surface area (Å²) in [5, 5.41) is 0.886. The Hall–Kier alpha value is -0.0900. The molecule has 2 atom stereocenters. The molecule has 0 bridgehead atoms. The number of hydrogen-bond donors (Lipinski definition) is 0. The highest BCUT2D eigenvalue weighted by molar-refractivity contribution is 8.21. The molecule has 1 fully saturated rings. The first-order valence-corrected chi connectivity index (χ1v) is 12.4. The van der Waals surface area contributed by atoms with E-state index in [0.717, 1.165) is 11.8 Å². The number of thioether (sulfide) groups is 2. The van der Waals surface area contributed by atoms with Gasteiger partial charge in [0.15, 0.2) is 0 Å². The predicted octanol–water partition coefficient (Wildman–Crippen LogP) is 7.15. The maximum atomic E-state index is 4.21. The van der Waals surface area contributed by atoms with Crippen molar-refractivity contribution in [2.75, 3.05) is 5.75 Å². The van der Waals surface area contributed by atoms with Crippen LogP contribution < -0.4 is 0 Å². The van der Waals surface area contributed by atoms with Crippen LogP contribution >= 0.6 is 23.5 Å². The van der Waals surface area contributed by atoms with Crippen LogP contribution in [0.1, 0.15) is 90.9 Å². The monoisotopic (exact) mass is 382 g/mol. The van der Waals surface area contributed by atoms with Crippen LogP contribution in [-0.2, 0) is 6.54 Å². The van der Waals surface area contributed by atoms with Gasteiger partial charge in [-0.3, -0.25) is 0 Å². The molecule has 0 saturated carbocycles. The Kier molecular flexibility index (Phi) is 10.5. The smallest absolute Gasteiger partial charge is 0.0945 e. The molecule has 1 aromatic heterocycles. The largest absolute Gasteiger partial charge is 0.337 e. The standard InChI is InChI=1S/C21H38N2S2/c1-3-5-7-8-9-10-11-13-21(14-16-23-17-15-22-19-23)24-18-20(25-21)12-6-4-2/h15,17,19-20H,3-14,16,18H2,1-2H3. The van der Waals surface area contributed by atoms with Gasteiger partial charge in [-0.25, -0.2) is 4.98 Å². The summed E-state index contributed by atoms with van der Waals surface area (Å²) >= 11 is 4.59. The summed E-state index contributed by atoms with van der Waals surface area (Å²) < 4.78 is 2.72. The maximum Gasteiger partial charge on any atom is 0.0945 e. The molecule has 2 rings (SSSR count). The Morgan fingerprint density at radius 1 is 1.00 bits per heavy atom. The van der Waals surface area contributed by atoms with Crippen molar-refractivity contribution >= 4 is 23.5 Å². The fourth-order valence-corrected chi connectivity index (χ4v) is 7.55. The van der Waals surface area contributed by atoms with Crippen LogP contribution in [0.5, 0.6) is 0 Å². The fraction of sp³-hybridized carbons (Fsp3) is 0.857. The fourth-order valence-electron chi connectivity index (χ4n) is 3.65. The minimum Gasteiger partial charge on any atom is -0.337 e. The lowest BCUT2D eigenvalue weighted by atomic mass is 10.1. The molecule has 25 heavy (non-hydrogen) atoms. The van der Waals surface area contributed by atoms with Crippen molar-refractivity contribution in [2.24, 2.45) is 0 Å². The van der Waals surface area contributed by atoms with Crippen LogP contribution in [-0.4, -0.2) is 24.6 Å². The van der Waals surface area contributed by atoms with Gasteiger partial charge in [-0.1, -0.05) is 71.6 Å². The molecule has 0 N–H and O–H groups in total. The van der Waals surface area contributed by atoms with Crippen molar-refractivity contribution in [2.45, 2.75) is 107 Å². The molecule has 0 amide bonds. The van der Waals surface area contributed by atoms with Gasteiger partial charge < -0.3 is 4.57 Å². The average molecular weight is 383 g/mol. The van der Waals surface area contributed by atoms with Crippen molar-refractivity contribution in [1.29, 1.82) is 0 Å². The number of aromatic nitrogens is 2. The number of rotatable bonds is 14. The van der Waals surface area contributed by atoms with E-state index in [4.69, 9.17) is 0 Å². The summed E-state index contributed by atoms with van der Waals surface area (Å²) in [7, 11) is 0. The topological polar surface area (TPSA) is 17.8 Å². The van der Waals surface area contributed by atoms with Gasteiger partial charge in [0.25, 0.3) is 0 Å². The highest BCUT2D eigenvalue weighted by Gasteiger charge is 2.39. The lowest BCUT2D eigenvalue weighted by Gasteiger charge is -2.28.